The van der Waals surface area contributed by atoms with Crippen molar-refractivity contribution in [3.05, 3.63) is 12.2 Å². The fourth-order valence-corrected chi connectivity index (χ4v) is 2.85. The van der Waals surface area contributed by atoms with Crippen LogP contribution in [-0.4, -0.2) is 11.5 Å². The predicted molar refractivity (Wildman–Crippen MR) is 101 cm³/mol. The fourth-order valence-electron chi connectivity index (χ4n) is 2.40. The molecule has 0 fully saturated rings. The molecule has 0 aliphatic heterocycles. The largest absolute Gasteiger partial charge is 0.179 e. The van der Waals surface area contributed by atoms with Crippen molar-refractivity contribution in [3.8, 4) is 0 Å². The number of hydrogen-bond donors (Lipinski definition) is 2. The minimum absolute atomic E-state index is 1.05. The first-order valence-electron chi connectivity index (χ1n) is 8.78. The lowest BCUT2D eigenvalue weighted by atomic mass is 10.1. The van der Waals surface area contributed by atoms with Crippen molar-refractivity contribution >= 4 is 25.3 Å². The van der Waals surface area contributed by atoms with Gasteiger partial charge in [-0.25, -0.2) is 0 Å². The summed E-state index contributed by atoms with van der Waals surface area (Å²) < 4.78 is 0. The van der Waals surface area contributed by atoms with Gasteiger partial charge in [0.25, 0.3) is 0 Å². The van der Waals surface area contributed by atoms with Gasteiger partial charge in [-0.05, 0) is 50.0 Å². The molecule has 0 saturated carbocycles. The van der Waals surface area contributed by atoms with Crippen LogP contribution < -0.4 is 0 Å². The smallest absolute Gasteiger partial charge is 0.00979 e. The summed E-state index contributed by atoms with van der Waals surface area (Å²) in [6, 6.07) is 0. The maximum absolute atomic E-state index is 4.24. The zero-order valence-corrected chi connectivity index (χ0v) is 15.2. The summed E-state index contributed by atoms with van der Waals surface area (Å²) in [5, 5.41) is 0. The average molecular weight is 317 g/mol. The van der Waals surface area contributed by atoms with Gasteiger partial charge in [-0.1, -0.05) is 63.5 Å². The van der Waals surface area contributed by atoms with E-state index in [1.165, 1.54) is 89.9 Å². The molecular weight excluding hydrogens is 280 g/mol. The topological polar surface area (TPSA) is 0 Å². The highest BCUT2D eigenvalue weighted by molar-refractivity contribution is 7.80. The van der Waals surface area contributed by atoms with Gasteiger partial charge in [0.1, 0.15) is 0 Å². The van der Waals surface area contributed by atoms with Gasteiger partial charge < -0.3 is 0 Å². The van der Waals surface area contributed by atoms with Gasteiger partial charge in [-0.2, -0.15) is 25.3 Å². The Morgan fingerprint density at radius 3 is 1.05 bits per heavy atom. The zero-order chi connectivity index (χ0) is 14.7. The van der Waals surface area contributed by atoms with Gasteiger partial charge in [0.05, 0.1) is 0 Å². The van der Waals surface area contributed by atoms with Crippen molar-refractivity contribution in [1.29, 1.82) is 0 Å². The summed E-state index contributed by atoms with van der Waals surface area (Å²) >= 11 is 8.47. The molecule has 0 unspecified atom stereocenters. The van der Waals surface area contributed by atoms with E-state index in [4.69, 9.17) is 0 Å². The molecular formula is C18H36S2. The van der Waals surface area contributed by atoms with Gasteiger partial charge in [0, 0.05) is 0 Å². The second-order valence-electron chi connectivity index (χ2n) is 5.74. The van der Waals surface area contributed by atoms with E-state index in [0.717, 1.165) is 11.5 Å². The van der Waals surface area contributed by atoms with E-state index in [1.807, 2.05) is 0 Å². The van der Waals surface area contributed by atoms with Gasteiger partial charge in [-0.3, -0.25) is 0 Å². The second kappa shape index (κ2) is 19.4. The van der Waals surface area contributed by atoms with Crippen LogP contribution in [0.2, 0.25) is 0 Å². The predicted octanol–water partition coefficient (Wildman–Crippen LogP) is 6.86. The Kier molecular flexibility index (Phi) is 19.9. The molecule has 0 aromatic heterocycles. The van der Waals surface area contributed by atoms with E-state index in [-0.39, 0.29) is 0 Å². The van der Waals surface area contributed by atoms with E-state index in [1.54, 1.807) is 0 Å². The maximum atomic E-state index is 4.24. The number of rotatable bonds is 16. The lowest BCUT2D eigenvalue weighted by molar-refractivity contribution is 0.608. The van der Waals surface area contributed by atoms with Gasteiger partial charge in [0.15, 0.2) is 0 Å². The van der Waals surface area contributed by atoms with Gasteiger partial charge in [-0.15, -0.1) is 0 Å². The minimum Gasteiger partial charge on any atom is -0.179 e. The normalized spacial score (nSPS) is 11.5. The summed E-state index contributed by atoms with van der Waals surface area (Å²) in [6.07, 6.45) is 23.9. The Hall–Kier alpha value is 0.440. The van der Waals surface area contributed by atoms with Crippen LogP contribution in [0, 0.1) is 0 Å². The molecule has 0 atom stereocenters. The summed E-state index contributed by atoms with van der Waals surface area (Å²) in [6.45, 7) is 0. The lowest BCUT2D eigenvalue weighted by Gasteiger charge is -1.99. The third kappa shape index (κ3) is 18.4. The molecule has 0 nitrogen and oxygen atoms in total. The highest BCUT2D eigenvalue weighted by atomic mass is 32.1. The van der Waals surface area contributed by atoms with Crippen molar-refractivity contribution in [2.75, 3.05) is 11.5 Å². The third-order valence-corrected chi connectivity index (χ3v) is 4.36. The number of unbranched alkanes of at least 4 members (excludes halogenated alkanes) is 12. The van der Waals surface area contributed by atoms with Gasteiger partial charge in [0.2, 0.25) is 0 Å². The first-order valence-corrected chi connectivity index (χ1v) is 10.0. The zero-order valence-electron chi connectivity index (χ0n) is 13.4. The summed E-state index contributed by atoms with van der Waals surface area (Å²) in [5.41, 5.74) is 0. The SMILES string of the molecule is SCCCCCCCC/C=C/CCCCCCCCS. The van der Waals surface area contributed by atoms with Crippen molar-refractivity contribution < 1.29 is 0 Å². The number of hydrogen-bond acceptors (Lipinski definition) is 2. The maximum Gasteiger partial charge on any atom is -0.00979 e. The van der Waals surface area contributed by atoms with Crippen LogP contribution in [0.3, 0.4) is 0 Å². The molecule has 0 heterocycles. The molecule has 0 spiro atoms. The molecule has 0 N–H and O–H groups in total. The molecule has 20 heavy (non-hydrogen) atoms. The van der Waals surface area contributed by atoms with Crippen LogP contribution in [0.1, 0.15) is 89.9 Å². The number of thiol groups is 2. The summed E-state index contributed by atoms with van der Waals surface area (Å²) in [7, 11) is 0. The summed E-state index contributed by atoms with van der Waals surface area (Å²) in [4.78, 5) is 0. The molecule has 0 aromatic rings. The quantitative estimate of drug-likeness (QED) is 0.173. The van der Waals surface area contributed by atoms with Crippen LogP contribution in [0.5, 0.6) is 0 Å². The van der Waals surface area contributed by atoms with Crippen molar-refractivity contribution in [2.45, 2.75) is 89.9 Å². The standard InChI is InChI=1S/C18H36S2/c19-17-15-13-11-9-7-5-3-1-2-4-6-8-10-12-14-16-18-20/h1-2,19-20H,3-18H2/b2-1+. The molecule has 0 rings (SSSR count). The first kappa shape index (κ1) is 20.4. The van der Waals surface area contributed by atoms with E-state index in [2.05, 4.69) is 37.4 Å². The van der Waals surface area contributed by atoms with E-state index in [0.29, 0.717) is 0 Å². The Morgan fingerprint density at radius 1 is 0.400 bits per heavy atom. The molecule has 2 heteroatoms. The Morgan fingerprint density at radius 2 is 0.700 bits per heavy atom. The Labute approximate surface area is 139 Å². The van der Waals surface area contributed by atoms with Crippen LogP contribution in [-0.2, 0) is 0 Å². The molecule has 0 bridgehead atoms. The van der Waals surface area contributed by atoms with Crippen LogP contribution in [0.15, 0.2) is 12.2 Å². The highest BCUT2D eigenvalue weighted by Crippen LogP contribution is 2.10. The van der Waals surface area contributed by atoms with Crippen LogP contribution >= 0.6 is 25.3 Å². The molecule has 0 aliphatic carbocycles. The molecule has 0 aromatic carbocycles. The van der Waals surface area contributed by atoms with Crippen LogP contribution in [0.25, 0.3) is 0 Å². The molecule has 0 amide bonds. The fraction of sp³-hybridized carbons (Fsp3) is 0.889. The van der Waals surface area contributed by atoms with Crippen molar-refractivity contribution in [2.24, 2.45) is 0 Å². The number of allylic oxidation sites excluding steroid dienone is 2. The van der Waals surface area contributed by atoms with E-state index < -0.39 is 0 Å². The lowest BCUT2D eigenvalue weighted by Crippen LogP contribution is -1.81. The monoisotopic (exact) mass is 316 g/mol. The molecule has 0 aliphatic rings. The molecule has 120 valence electrons. The van der Waals surface area contributed by atoms with E-state index >= 15 is 0 Å². The molecule has 0 radical (unpaired) electrons. The minimum atomic E-state index is 1.05. The Bertz CT molecular complexity index is 170. The third-order valence-electron chi connectivity index (χ3n) is 3.72. The van der Waals surface area contributed by atoms with E-state index in [9.17, 15) is 0 Å². The van der Waals surface area contributed by atoms with Crippen LogP contribution in [0.4, 0.5) is 0 Å². The van der Waals surface area contributed by atoms with Crippen molar-refractivity contribution in [3.63, 3.8) is 0 Å². The van der Waals surface area contributed by atoms with Gasteiger partial charge >= 0.3 is 0 Å². The summed E-state index contributed by atoms with van der Waals surface area (Å²) in [5.74, 6) is 2.11. The average Bonchev–Trinajstić information content (AvgIpc) is 2.47. The van der Waals surface area contributed by atoms with Crippen molar-refractivity contribution in [1.82, 2.24) is 0 Å². The first-order chi connectivity index (χ1) is 9.91. The second-order valence-corrected chi connectivity index (χ2v) is 6.63. The molecule has 0 saturated heterocycles. The highest BCUT2D eigenvalue weighted by Gasteiger charge is 1.91. The Balaban J connectivity index is 3.01.